The van der Waals surface area contributed by atoms with Crippen LogP contribution in [0.4, 0.5) is 23.5 Å². The number of aromatic nitrogens is 5. The molecule has 0 amide bonds. The molecule has 2 fully saturated rings. The lowest BCUT2D eigenvalue weighted by molar-refractivity contribution is -0.0794. The predicted molar refractivity (Wildman–Crippen MR) is 132 cm³/mol. The molecule has 1 N–H and O–H groups in total. The topological polar surface area (TPSA) is 81.7 Å². The van der Waals surface area contributed by atoms with Gasteiger partial charge in [0.15, 0.2) is 11.6 Å². The van der Waals surface area contributed by atoms with Gasteiger partial charge in [0.25, 0.3) is 0 Å². The van der Waals surface area contributed by atoms with Crippen molar-refractivity contribution in [1.29, 1.82) is 0 Å². The summed E-state index contributed by atoms with van der Waals surface area (Å²) in [5.74, 6) is -0.771. The number of likely N-dealkylation sites (tertiary alicyclic amines) is 1. The van der Waals surface area contributed by atoms with Crippen LogP contribution in [0.5, 0.6) is 5.88 Å². The summed E-state index contributed by atoms with van der Waals surface area (Å²) in [5.41, 5.74) is 0.836. The number of benzene rings is 1. The molecule has 202 valence electrons. The van der Waals surface area contributed by atoms with Crippen molar-refractivity contribution in [2.24, 2.45) is 0 Å². The average Bonchev–Trinajstić information content (AvgIpc) is 3.35. The van der Waals surface area contributed by atoms with Gasteiger partial charge >= 0.3 is 0 Å². The normalized spacial score (nSPS) is 20.8. The highest BCUT2D eigenvalue weighted by molar-refractivity contribution is 5.90. The van der Waals surface area contributed by atoms with Crippen LogP contribution < -0.4 is 10.1 Å². The highest BCUT2D eigenvalue weighted by Crippen LogP contribution is 2.36. The van der Waals surface area contributed by atoms with Crippen LogP contribution in [-0.2, 0) is 11.3 Å². The maximum absolute atomic E-state index is 15.4. The molecule has 0 bridgehead atoms. The number of hydrogen-bond acceptors (Lipinski definition) is 7. The second kappa shape index (κ2) is 9.70. The third kappa shape index (κ3) is 4.13. The average molecular weight is 534 g/mol. The van der Waals surface area contributed by atoms with Gasteiger partial charge in [0.1, 0.15) is 29.7 Å². The van der Waals surface area contributed by atoms with Gasteiger partial charge in [-0.15, -0.1) is 5.10 Å². The van der Waals surface area contributed by atoms with Crippen LogP contribution in [0, 0.1) is 18.6 Å². The Morgan fingerprint density at radius 2 is 2.00 bits per heavy atom. The Morgan fingerprint density at radius 3 is 2.68 bits per heavy atom. The monoisotopic (exact) mass is 533 g/mol. The summed E-state index contributed by atoms with van der Waals surface area (Å²) in [7, 11) is 1.38. The lowest BCUT2D eigenvalue weighted by atomic mass is 10.0. The largest absolute Gasteiger partial charge is 0.479 e. The van der Waals surface area contributed by atoms with E-state index in [-0.39, 0.29) is 53.1 Å². The number of fused-ring (bicyclic) bond motifs is 2. The van der Waals surface area contributed by atoms with Crippen molar-refractivity contribution in [1.82, 2.24) is 29.0 Å². The minimum atomic E-state index is -1.15. The lowest BCUT2D eigenvalue weighted by Crippen LogP contribution is -2.57. The van der Waals surface area contributed by atoms with Crippen molar-refractivity contribution in [3.05, 3.63) is 35.8 Å². The van der Waals surface area contributed by atoms with Crippen molar-refractivity contribution in [3.8, 4) is 17.0 Å². The van der Waals surface area contributed by atoms with Gasteiger partial charge in [-0.2, -0.15) is 4.98 Å². The van der Waals surface area contributed by atoms with E-state index in [0.717, 1.165) is 6.20 Å². The van der Waals surface area contributed by atoms with Gasteiger partial charge < -0.3 is 19.4 Å². The fraction of sp³-hybridized carbons (Fsp3) is 0.480. The van der Waals surface area contributed by atoms with E-state index in [1.807, 2.05) is 0 Å². The van der Waals surface area contributed by atoms with Crippen molar-refractivity contribution in [2.75, 3.05) is 45.4 Å². The SMILES string of the molecule is COc1nc(N[C@@H]2CCN(C3COC3)C[C@H]2F)nn2cc(F)c(-c3cc(F)c4nc(C)n(CCF)c4c3)c12. The molecule has 0 unspecified atom stereocenters. The minimum absolute atomic E-state index is 0.00535. The third-order valence-corrected chi connectivity index (χ3v) is 7.37. The summed E-state index contributed by atoms with van der Waals surface area (Å²) in [6.07, 6.45) is 0.523. The number of nitrogens with one attached hydrogen (secondary N) is 1. The number of alkyl halides is 2. The standard InChI is InChI=1S/C25H27F4N7O2/c1-13-30-22-16(27)7-14(8-20(22)35(13)6-4-26)21-18(29)10-36-23(21)24(37-2)32-25(33-36)31-19-3-5-34(9-17(19)28)15-11-38-12-15/h7-8,10,15,17,19H,3-6,9,11-12H2,1-2H3,(H,31,33)/t17-,19-/m1/s1. The predicted octanol–water partition coefficient (Wildman–Crippen LogP) is 3.53. The lowest BCUT2D eigenvalue weighted by Gasteiger charge is -2.42. The molecule has 6 rings (SSSR count). The van der Waals surface area contributed by atoms with E-state index in [0.29, 0.717) is 37.5 Å². The molecule has 13 heteroatoms. The van der Waals surface area contributed by atoms with Gasteiger partial charge in [0.2, 0.25) is 11.8 Å². The summed E-state index contributed by atoms with van der Waals surface area (Å²) >= 11 is 0. The number of hydrogen-bond donors (Lipinski definition) is 1. The molecule has 0 aliphatic carbocycles. The van der Waals surface area contributed by atoms with Gasteiger partial charge in [0.05, 0.1) is 56.2 Å². The number of imidazole rings is 1. The molecule has 2 aliphatic rings. The molecule has 2 atom stereocenters. The summed E-state index contributed by atoms with van der Waals surface area (Å²) in [4.78, 5) is 10.6. The van der Waals surface area contributed by atoms with Crippen LogP contribution in [0.3, 0.4) is 0 Å². The Labute approximate surface area is 215 Å². The molecular weight excluding hydrogens is 506 g/mol. The number of halogens is 4. The Morgan fingerprint density at radius 1 is 1.18 bits per heavy atom. The zero-order valence-corrected chi connectivity index (χ0v) is 20.9. The Kier molecular flexibility index (Phi) is 6.34. The van der Waals surface area contributed by atoms with Gasteiger partial charge in [0, 0.05) is 13.1 Å². The van der Waals surface area contributed by atoms with Crippen LogP contribution in [0.2, 0.25) is 0 Å². The summed E-state index contributed by atoms with van der Waals surface area (Å²) in [6.45, 7) is 3.22. The maximum Gasteiger partial charge on any atom is 0.244 e. The van der Waals surface area contributed by atoms with Gasteiger partial charge in [-0.3, -0.25) is 4.90 Å². The van der Waals surface area contributed by atoms with Crippen molar-refractivity contribution in [2.45, 2.75) is 38.1 Å². The number of ether oxygens (including phenoxy) is 2. The van der Waals surface area contributed by atoms with E-state index in [9.17, 15) is 8.78 Å². The van der Waals surface area contributed by atoms with Crippen molar-refractivity contribution < 1.29 is 27.0 Å². The quantitative estimate of drug-likeness (QED) is 0.364. The van der Waals surface area contributed by atoms with Gasteiger partial charge in [-0.05, 0) is 31.0 Å². The molecule has 38 heavy (non-hydrogen) atoms. The third-order valence-electron chi connectivity index (χ3n) is 7.37. The molecule has 4 aromatic rings. The fourth-order valence-corrected chi connectivity index (χ4v) is 5.33. The molecule has 0 radical (unpaired) electrons. The van der Waals surface area contributed by atoms with E-state index < -0.39 is 30.5 Å². The summed E-state index contributed by atoms with van der Waals surface area (Å²) < 4.78 is 72.0. The Bertz CT molecular complexity index is 1500. The van der Waals surface area contributed by atoms with E-state index in [2.05, 4.69) is 25.3 Å². The maximum atomic E-state index is 15.4. The minimum Gasteiger partial charge on any atom is -0.479 e. The van der Waals surface area contributed by atoms with Gasteiger partial charge in [-0.1, -0.05) is 0 Å². The number of rotatable bonds is 7. The number of anilines is 1. The van der Waals surface area contributed by atoms with Crippen LogP contribution in [0.1, 0.15) is 12.2 Å². The van der Waals surface area contributed by atoms with E-state index in [1.54, 1.807) is 17.6 Å². The smallest absolute Gasteiger partial charge is 0.244 e. The Hall–Kier alpha value is -3.45. The summed E-state index contributed by atoms with van der Waals surface area (Å²) in [5, 5.41) is 7.38. The van der Waals surface area contributed by atoms with E-state index in [1.165, 1.54) is 17.7 Å². The first kappa shape index (κ1) is 24.9. The highest BCUT2D eigenvalue weighted by Gasteiger charge is 2.36. The fourth-order valence-electron chi connectivity index (χ4n) is 5.33. The van der Waals surface area contributed by atoms with Crippen LogP contribution >= 0.6 is 0 Å². The number of piperidine rings is 1. The number of nitrogens with zero attached hydrogens (tertiary/aromatic N) is 6. The van der Waals surface area contributed by atoms with E-state index >= 15 is 8.78 Å². The van der Waals surface area contributed by atoms with Crippen molar-refractivity contribution in [3.63, 3.8) is 0 Å². The molecule has 2 aliphatic heterocycles. The van der Waals surface area contributed by atoms with Gasteiger partial charge in [-0.25, -0.2) is 27.1 Å². The van der Waals surface area contributed by atoms with Crippen LogP contribution in [0.15, 0.2) is 18.3 Å². The van der Waals surface area contributed by atoms with Crippen LogP contribution in [0.25, 0.3) is 27.7 Å². The molecule has 3 aromatic heterocycles. The molecule has 0 spiro atoms. The Balaban J connectivity index is 1.35. The zero-order chi connectivity index (χ0) is 26.6. The zero-order valence-electron chi connectivity index (χ0n) is 20.9. The van der Waals surface area contributed by atoms with Crippen molar-refractivity contribution >= 4 is 22.5 Å². The second-order valence-electron chi connectivity index (χ2n) is 9.66. The van der Waals surface area contributed by atoms with E-state index in [4.69, 9.17) is 9.47 Å². The molecule has 5 heterocycles. The first-order valence-electron chi connectivity index (χ1n) is 12.5. The highest BCUT2D eigenvalue weighted by atomic mass is 19.1. The molecule has 9 nitrogen and oxygen atoms in total. The molecule has 2 saturated heterocycles. The summed E-state index contributed by atoms with van der Waals surface area (Å²) in [6, 6.07) is 2.47. The van der Waals surface area contributed by atoms with Crippen LogP contribution in [-0.4, -0.2) is 87.4 Å². The number of aryl methyl sites for hydroxylation is 2. The second-order valence-corrected chi connectivity index (χ2v) is 9.66. The molecule has 1 aromatic carbocycles. The first-order chi connectivity index (χ1) is 18.4. The molecular formula is C25H27F4N7O2. The first-order valence-corrected chi connectivity index (χ1v) is 12.5. The molecule has 0 saturated carbocycles. The number of methoxy groups -OCH3 is 1.